The molecule has 0 bridgehead atoms. The van der Waals surface area contributed by atoms with E-state index in [1.54, 1.807) is 62.9 Å². The number of hydrogen-bond donors (Lipinski definition) is 0. The number of fused-ring (bicyclic) bond motifs is 2. The van der Waals surface area contributed by atoms with Gasteiger partial charge in [-0.2, -0.15) is 9.78 Å². The van der Waals surface area contributed by atoms with Crippen molar-refractivity contribution in [2.45, 2.75) is 6.61 Å². The third-order valence-electron chi connectivity index (χ3n) is 6.55. The van der Waals surface area contributed by atoms with Crippen molar-refractivity contribution < 1.29 is 18.6 Å². The van der Waals surface area contributed by atoms with Crippen LogP contribution in [0.1, 0.15) is 11.1 Å². The Bertz CT molecular complexity index is 1960. The van der Waals surface area contributed by atoms with E-state index in [4.69, 9.17) is 35.2 Å². The number of rotatable bonds is 8. The summed E-state index contributed by atoms with van der Waals surface area (Å²) in [4.78, 5) is 18.5. The van der Waals surface area contributed by atoms with Crippen LogP contribution in [-0.4, -0.2) is 30.1 Å². The fourth-order valence-corrected chi connectivity index (χ4v) is 4.64. The van der Waals surface area contributed by atoms with Gasteiger partial charge in [0.1, 0.15) is 17.9 Å². The number of benzene rings is 4. The maximum Gasteiger partial charge on any atom is 0.282 e. The Morgan fingerprint density at radius 1 is 0.902 bits per heavy atom. The summed E-state index contributed by atoms with van der Waals surface area (Å²) in [7, 11) is 3.16. The van der Waals surface area contributed by atoms with Crippen LogP contribution < -0.4 is 19.8 Å². The maximum absolute atomic E-state index is 13.7. The van der Waals surface area contributed by atoms with Crippen molar-refractivity contribution in [1.82, 2.24) is 9.66 Å². The first-order valence-electron chi connectivity index (χ1n) is 12.7. The first-order chi connectivity index (χ1) is 20.1. The van der Waals surface area contributed by atoms with Gasteiger partial charge in [0.2, 0.25) is 5.82 Å². The van der Waals surface area contributed by atoms with E-state index < -0.39 is 0 Å². The summed E-state index contributed by atoms with van der Waals surface area (Å²) in [6, 6.07) is 27.2. The molecule has 4 aromatic carbocycles. The average molecular weight is 566 g/mol. The Kier molecular flexibility index (Phi) is 7.14. The van der Waals surface area contributed by atoms with E-state index in [2.05, 4.69) is 5.10 Å². The van der Waals surface area contributed by atoms with Gasteiger partial charge in [-0.05, 0) is 60.2 Å². The lowest BCUT2D eigenvalue weighted by molar-refractivity contribution is 0.284. The third kappa shape index (κ3) is 5.13. The number of para-hydroxylation sites is 2. The Hall–Kier alpha value is -5.08. The van der Waals surface area contributed by atoms with Crippen molar-refractivity contribution in [1.29, 1.82) is 0 Å². The minimum atomic E-state index is -0.346. The van der Waals surface area contributed by atoms with E-state index in [-0.39, 0.29) is 18.0 Å². The molecule has 0 aliphatic rings. The normalized spacial score (nSPS) is 11.4. The molecule has 0 aliphatic heterocycles. The van der Waals surface area contributed by atoms with E-state index in [0.29, 0.717) is 50.1 Å². The van der Waals surface area contributed by atoms with Crippen molar-refractivity contribution in [2.75, 3.05) is 14.2 Å². The van der Waals surface area contributed by atoms with Gasteiger partial charge in [0.15, 0.2) is 17.3 Å². The van der Waals surface area contributed by atoms with Crippen LogP contribution in [0, 0.1) is 0 Å². The van der Waals surface area contributed by atoms with Gasteiger partial charge in [-0.15, -0.1) is 0 Å². The van der Waals surface area contributed by atoms with Gasteiger partial charge >= 0.3 is 0 Å². The van der Waals surface area contributed by atoms with Gasteiger partial charge in [0.25, 0.3) is 5.56 Å². The largest absolute Gasteiger partial charge is 0.496 e. The number of nitrogens with zero attached hydrogens (tertiary/aromatic N) is 3. The van der Waals surface area contributed by atoms with Crippen LogP contribution in [0.5, 0.6) is 17.2 Å². The van der Waals surface area contributed by atoms with E-state index in [0.717, 1.165) is 10.9 Å². The molecule has 6 rings (SSSR count). The highest BCUT2D eigenvalue weighted by Gasteiger charge is 2.18. The van der Waals surface area contributed by atoms with E-state index in [1.165, 1.54) is 4.68 Å². The Morgan fingerprint density at radius 3 is 2.46 bits per heavy atom. The molecule has 6 aromatic rings. The number of methoxy groups -OCH3 is 2. The maximum atomic E-state index is 13.7. The number of furan rings is 1. The second-order valence-corrected chi connectivity index (χ2v) is 9.53. The molecular formula is C32H24ClN3O5. The SMILES string of the molecule is COc1cccc(C=Nn2c(-c3cc4c(OC)cccc4o3)nc3ccccc3c2=O)c1OCc1ccc(Cl)cc1. The predicted octanol–water partition coefficient (Wildman–Crippen LogP) is 6.94. The van der Waals surface area contributed by atoms with E-state index in [1.807, 2.05) is 48.5 Å². The second-order valence-electron chi connectivity index (χ2n) is 9.09. The topological polar surface area (TPSA) is 88.1 Å². The Balaban J connectivity index is 1.46. The van der Waals surface area contributed by atoms with Crippen LogP contribution in [-0.2, 0) is 6.61 Å². The molecule has 41 heavy (non-hydrogen) atoms. The van der Waals surface area contributed by atoms with Gasteiger partial charge in [0, 0.05) is 10.6 Å². The number of halogens is 1. The first kappa shape index (κ1) is 26.2. The van der Waals surface area contributed by atoms with Gasteiger partial charge in [-0.1, -0.05) is 48.0 Å². The molecule has 0 aliphatic carbocycles. The molecule has 204 valence electrons. The summed E-state index contributed by atoms with van der Waals surface area (Å²) in [5.41, 5.74) is 2.32. The van der Waals surface area contributed by atoms with E-state index >= 15 is 0 Å². The van der Waals surface area contributed by atoms with Gasteiger partial charge in [-0.3, -0.25) is 4.79 Å². The molecule has 2 heterocycles. The second kappa shape index (κ2) is 11.2. The van der Waals surface area contributed by atoms with Crippen molar-refractivity contribution in [2.24, 2.45) is 5.10 Å². The molecule has 0 spiro atoms. The summed E-state index contributed by atoms with van der Waals surface area (Å²) in [5, 5.41) is 6.42. The van der Waals surface area contributed by atoms with Crippen LogP contribution >= 0.6 is 11.6 Å². The number of hydrogen-bond acceptors (Lipinski definition) is 7. The minimum Gasteiger partial charge on any atom is -0.496 e. The highest BCUT2D eigenvalue weighted by molar-refractivity contribution is 6.30. The molecule has 0 N–H and O–H groups in total. The quantitative estimate of drug-likeness (QED) is 0.186. The first-order valence-corrected chi connectivity index (χ1v) is 13.1. The lowest BCUT2D eigenvalue weighted by atomic mass is 10.2. The van der Waals surface area contributed by atoms with Crippen molar-refractivity contribution in [3.8, 4) is 28.8 Å². The lowest BCUT2D eigenvalue weighted by Crippen LogP contribution is -2.20. The molecule has 0 fully saturated rings. The zero-order chi connectivity index (χ0) is 28.3. The Morgan fingerprint density at radius 2 is 1.66 bits per heavy atom. The van der Waals surface area contributed by atoms with Crippen molar-refractivity contribution in [3.05, 3.63) is 117 Å². The van der Waals surface area contributed by atoms with Gasteiger partial charge < -0.3 is 18.6 Å². The van der Waals surface area contributed by atoms with Crippen LogP contribution in [0.3, 0.4) is 0 Å². The summed E-state index contributed by atoms with van der Waals surface area (Å²) < 4.78 is 24.6. The fraction of sp³-hybridized carbons (Fsp3) is 0.0938. The molecule has 0 saturated carbocycles. The minimum absolute atomic E-state index is 0.245. The Labute approximate surface area is 240 Å². The molecule has 8 nitrogen and oxygen atoms in total. The summed E-state index contributed by atoms with van der Waals surface area (Å²) >= 11 is 6.02. The van der Waals surface area contributed by atoms with Crippen LogP contribution in [0.2, 0.25) is 5.02 Å². The summed E-state index contributed by atoms with van der Waals surface area (Å²) in [6.07, 6.45) is 1.55. The highest BCUT2D eigenvalue weighted by Crippen LogP contribution is 2.34. The summed E-state index contributed by atoms with van der Waals surface area (Å²) in [5.74, 6) is 2.26. The molecular weight excluding hydrogens is 542 g/mol. The average Bonchev–Trinajstić information content (AvgIpc) is 3.45. The lowest BCUT2D eigenvalue weighted by Gasteiger charge is -2.13. The zero-order valence-electron chi connectivity index (χ0n) is 22.2. The van der Waals surface area contributed by atoms with Crippen LogP contribution in [0.25, 0.3) is 33.5 Å². The van der Waals surface area contributed by atoms with Gasteiger partial charge in [-0.25, -0.2) is 4.98 Å². The molecule has 0 radical (unpaired) electrons. The van der Waals surface area contributed by atoms with E-state index in [9.17, 15) is 4.79 Å². The van der Waals surface area contributed by atoms with Crippen molar-refractivity contribution >= 4 is 39.7 Å². The van der Waals surface area contributed by atoms with Crippen molar-refractivity contribution in [3.63, 3.8) is 0 Å². The smallest absolute Gasteiger partial charge is 0.282 e. The molecule has 0 saturated heterocycles. The molecule has 2 aromatic heterocycles. The van der Waals surface area contributed by atoms with Crippen LogP contribution in [0.4, 0.5) is 0 Å². The molecule has 9 heteroatoms. The van der Waals surface area contributed by atoms with Crippen LogP contribution in [0.15, 0.2) is 105 Å². The van der Waals surface area contributed by atoms with Gasteiger partial charge in [0.05, 0.1) is 36.7 Å². The fourth-order valence-electron chi connectivity index (χ4n) is 4.52. The standard InChI is InChI=1S/C32H24ClN3O5/c1-38-26-10-6-11-27-24(26)17-29(41-27)31-35-25-9-4-3-8-23(25)32(37)36(31)34-18-21-7-5-12-28(39-2)30(21)40-19-20-13-15-22(33)16-14-20/h3-18H,19H2,1-2H3. The summed E-state index contributed by atoms with van der Waals surface area (Å²) in [6.45, 7) is 0.280. The molecule has 0 amide bonds. The predicted molar refractivity (Wildman–Crippen MR) is 160 cm³/mol. The third-order valence-corrected chi connectivity index (χ3v) is 6.81. The highest BCUT2D eigenvalue weighted by atomic mass is 35.5. The molecule has 0 atom stereocenters. The number of ether oxygens (including phenoxy) is 3. The molecule has 0 unspecified atom stereocenters. The number of aromatic nitrogens is 2. The zero-order valence-corrected chi connectivity index (χ0v) is 23.0. The monoisotopic (exact) mass is 565 g/mol.